The van der Waals surface area contributed by atoms with E-state index in [9.17, 15) is 13.2 Å². The number of aliphatic carboxylic acids is 1. The Kier molecular flexibility index (Phi) is 2.93. The van der Waals surface area contributed by atoms with Crippen LogP contribution in [0.5, 0.6) is 11.5 Å². The average Bonchev–Trinajstić information content (AvgIpc) is 2.61. The van der Waals surface area contributed by atoms with Gasteiger partial charge in [-0.1, -0.05) is 6.07 Å². The molecule has 0 aliphatic carbocycles. The van der Waals surface area contributed by atoms with Crippen molar-refractivity contribution in [1.29, 1.82) is 0 Å². The van der Waals surface area contributed by atoms with Crippen molar-refractivity contribution in [3.63, 3.8) is 0 Å². The monoisotopic (exact) mass is 258 g/mol. The normalized spacial score (nSPS) is 13.6. The Hall–Kier alpha value is -1.76. The molecule has 0 bridgehead atoms. The molecule has 1 aliphatic heterocycles. The summed E-state index contributed by atoms with van der Waals surface area (Å²) >= 11 is 0. The molecule has 1 N–H and O–H groups in total. The number of benzene rings is 1. The van der Waals surface area contributed by atoms with Gasteiger partial charge in [0.15, 0.2) is 21.3 Å². The molecule has 0 aromatic heterocycles. The molecular weight excluding hydrogens is 248 g/mol. The van der Waals surface area contributed by atoms with Gasteiger partial charge < -0.3 is 14.6 Å². The van der Waals surface area contributed by atoms with Gasteiger partial charge in [0, 0.05) is 0 Å². The first-order valence-electron chi connectivity index (χ1n) is 4.77. The molecule has 0 fully saturated rings. The SMILES string of the molecule is O=C(O)CS(=O)(=O)Cc1ccc2c(c1)OCO2. The second-order valence-corrected chi connectivity index (χ2v) is 5.68. The average molecular weight is 258 g/mol. The minimum Gasteiger partial charge on any atom is -0.480 e. The number of hydrogen-bond donors (Lipinski definition) is 1. The molecule has 0 unspecified atom stereocenters. The van der Waals surface area contributed by atoms with Gasteiger partial charge in [-0.2, -0.15) is 0 Å². The molecule has 0 amide bonds. The highest BCUT2D eigenvalue weighted by atomic mass is 32.2. The highest BCUT2D eigenvalue weighted by Crippen LogP contribution is 2.32. The third-order valence-corrected chi connectivity index (χ3v) is 3.63. The lowest BCUT2D eigenvalue weighted by atomic mass is 10.2. The molecule has 1 aromatic rings. The second kappa shape index (κ2) is 4.25. The maximum Gasteiger partial charge on any atom is 0.318 e. The van der Waals surface area contributed by atoms with E-state index in [4.69, 9.17) is 14.6 Å². The maximum absolute atomic E-state index is 11.5. The topological polar surface area (TPSA) is 89.9 Å². The zero-order chi connectivity index (χ0) is 12.5. The zero-order valence-corrected chi connectivity index (χ0v) is 9.57. The van der Waals surface area contributed by atoms with Gasteiger partial charge in [0.2, 0.25) is 6.79 Å². The van der Waals surface area contributed by atoms with Gasteiger partial charge >= 0.3 is 5.97 Å². The molecule has 0 atom stereocenters. The molecule has 1 aromatic carbocycles. The fraction of sp³-hybridized carbons (Fsp3) is 0.300. The van der Waals surface area contributed by atoms with Crippen molar-refractivity contribution >= 4 is 15.8 Å². The molecular formula is C10H10O6S. The molecule has 7 heteroatoms. The first kappa shape index (κ1) is 11.7. The number of hydrogen-bond acceptors (Lipinski definition) is 5. The summed E-state index contributed by atoms with van der Waals surface area (Å²) in [7, 11) is -3.65. The van der Waals surface area contributed by atoms with Crippen LogP contribution < -0.4 is 9.47 Å². The van der Waals surface area contributed by atoms with Crippen LogP contribution in [-0.4, -0.2) is 32.0 Å². The molecule has 1 aliphatic rings. The van der Waals surface area contributed by atoms with Crippen LogP contribution in [0.25, 0.3) is 0 Å². The smallest absolute Gasteiger partial charge is 0.318 e. The Morgan fingerprint density at radius 1 is 1.29 bits per heavy atom. The molecule has 2 rings (SSSR count). The summed E-state index contributed by atoms with van der Waals surface area (Å²) in [4.78, 5) is 10.4. The molecule has 0 spiro atoms. The minimum atomic E-state index is -3.65. The Morgan fingerprint density at radius 2 is 2.00 bits per heavy atom. The third-order valence-electron chi connectivity index (χ3n) is 2.17. The summed E-state index contributed by atoms with van der Waals surface area (Å²) in [5.74, 6) is -1.51. The Labute approximate surface area is 97.7 Å². The molecule has 0 radical (unpaired) electrons. The van der Waals surface area contributed by atoms with E-state index >= 15 is 0 Å². The summed E-state index contributed by atoms with van der Waals surface area (Å²) in [6.07, 6.45) is 0. The zero-order valence-electron chi connectivity index (χ0n) is 8.75. The number of carbonyl (C=O) groups is 1. The van der Waals surface area contributed by atoms with Crippen LogP contribution in [0.1, 0.15) is 5.56 Å². The predicted molar refractivity (Wildman–Crippen MR) is 57.7 cm³/mol. The van der Waals surface area contributed by atoms with Crippen molar-refractivity contribution in [2.75, 3.05) is 12.5 Å². The number of sulfone groups is 1. The number of carboxylic acids is 1. The van der Waals surface area contributed by atoms with E-state index in [1.807, 2.05) is 0 Å². The molecule has 6 nitrogen and oxygen atoms in total. The summed E-state index contributed by atoms with van der Waals surface area (Å²) in [6, 6.07) is 4.72. The van der Waals surface area contributed by atoms with Crippen molar-refractivity contribution in [2.45, 2.75) is 5.75 Å². The van der Waals surface area contributed by atoms with Crippen molar-refractivity contribution < 1.29 is 27.8 Å². The molecule has 0 saturated carbocycles. The maximum atomic E-state index is 11.5. The largest absolute Gasteiger partial charge is 0.480 e. The van der Waals surface area contributed by atoms with Gasteiger partial charge in [0.05, 0.1) is 5.75 Å². The lowest BCUT2D eigenvalue weighted by Crippen LogP contribution is -2.16. The van der Waals surface area contributed by atoms with Gasteiger partial charge in [-0.3, -0.25) is 4.79 Å². The van der Waals surface area contributed by atoms with E-state index in [-0.39, 0.29) is 12.5 Å². The van der Waals surface area contributed by atoms with E-state index in [2.05, 4.69) is 0 Å². The van der Waals surface area contributed by atoms with E-state index in [1.54, 1.807) is 18.2 Å². The van der Waals surface area contributed by atoms with Crippen molar-refractivity contribution in [3.05, 3.63) is 23.8 Å². The quantitative estimate of drug-likeness (QED) is 0.841. The van der Waals surface area contributed by atoms with Crippen LogP contribution in [0.3, 0.4) is 0 Å². The summed E-state index contributed by atoms with van der Waals surface area (Å²) in [5.41, 5.74) is 0.482. The van der Waals surface area contributed by atoms with Gasteiger partial charge in [-0.05, 0) is 17.7 Å². The highest BCUT2D eigenvalue weighted by molar-refractivity contribution is 7.91. The first-order valence-corrected chi connectivity index (χ1v) is 6.59. The molecule has 17 heavy (non-hydrogen) atoms. The molecule has 1 heterocycles. The summed E-state index contributed by atoms with van der Waals surface area (Å²) in [6.45, 7) is 0.112. The lowest BCUT2D eigenvalue weighted by molar-refractivity contribution is -0.134. The summed E-state index contributed by atoms with van der Waals surface area (Å²) < 4.78 is 33.1. The number of fused-ring (bicyclic) bond motifs is 1. The number of rotatable bonds is 4. The van der Waals surface area contributed by atoms with Crippen LogP contribution in [0.4, 0.5) is 0 Å². The summed E-state index contributed by atoms with van der Waals surface area (Å²) in [5, 5.41) is 8.46. The van der Waals surface area contributed by atoms with Crippen LogP contribution in [0, 0.1) is 0 Å². The van der Waals surface area contributed by atoms with Gasteiger partial charge in [0.1, 0.15) is 5.75 Å². The Bertz CT molecular complexity index is 548. The van der Waals surface area contributed by atoms with Crippen molar-refractivity contribution in [2.24, 2.45) is 0 Å². The van der Waals surface area contributed by atoms with Crippen molar-refractivity contribution in [3.8, 4) is 11.5 Å². The van der Waals surface area contributed by atoms with Gasteiger partial charge in [-0.25, -0.2) is 8.42 Å². The van der Waals surface area contributed by atoms with E-state index in [0.717, 1.165) is 0 Å². The van der Waals surface area contributed by atoms with Crippen LogP contribution in [0.15, 0.2) is 18.2 Å². The minimum absolute atomic E-state index is 0.112. The Morgan fingerprint density at radius 3 is 2.71 bits per heavy atom. The van der Waals surface area contributed by atoms with Gasteiger partial charge in [0.25, 0.3) is 0 Å². The van der Waals surface area contributed by atoms with E-state index in [1.165, 1.54) is 0 Å². The van der Waals surface area contributed by atoms with E-state index < -0.39 is 21.6 Å². The lowest BCUT2D eigenvalue weighted by Gasteiger charge is -2.03. The number of ether oxygens (including phenoxy) is 2. The molecule has 92 valence electrons. The number of carboxylic acid groups (broad SMARTS) is 1. The Balaban J connectivity index is 2.17. The van der Waals surface area contributed by atoms with Crippen LogP contribution >= 0.6 is 0 Å². The second-order valence-electron chi connectivity index (χ2n) is 3.61. The highest BCUT2D eigenvalue weighted by Gasteiger charge is 2.19. The molecule has 0 saturated heterocycles. The fourth-order valence-electron chi connectivity index (χ4n) is 1.52. The van der Waals surface area contributed by atoms with Gasteiger partial charge in [-0.15, -0.1) is 0 Å². The van der Waals surface area contributed by atoms with Crippen LogP contribution in [0.2, 0.25) is 0 Å². The third kappa shape index (κ3) is 2.88. The van der Waals surface area contributed by atoms with E-state index in [0.29, 0.717) is 17.1 Å². The van der Waals surface area contributed by atoms with Crippen LogP contribution in [-0.2, 0) is 20.4 Å². The van der Waals surface area contributed by atoms with Crippen molar-refractivity contribution in [1.82, 2.24) is 0 Å². The fourth-order valence-corrected chi connectivity index (χ4v) is 2.69. The standard InChI is InChI=1S/C10H10O6S/c11-10(12)5-17(13,14)4-7-1-2-8-9(3-7)16-6-15-8/h1-3H,4-6H2,(H,11,12). The first-order chi connectivity index (χ1) is 7.96. The predicted octanol–water partition coefficient (Wildman–Crippen LogP) is 0.415.